The number of halogens is 2. The van der Waals surface area contributed by atoms with Crippen molar-refractivity contribution in [1.29, 1.82) is 0 Å². The molecule has 2 aliphatic rings. The Labute approximate surface area is 112 Å². The average Bonchev–Trinajstić information content (AvgIpc) is 2.92. The molecular weight excluding hydrogens is 253 g/mol. The van der Waals surface area contributed by atoms with E-state index < -0.39 is 0 Å². The van der Waals surface area contributed by atoms with Gasteiger partial charge < -0.3 is 5.73 Å². The lowest BCUT2D eigenvalue weighted by Crippen LogP contribution is -2.27. The van der Waals surface area contributed by atoms with Crippen molar-refractivity contribution in [3.05, 3.63) is 33.8 Å². The maximum absolute atomic E-state index is 6.12. The second-order valence-corrected chi connectivity index (χ2v) is 6.25. The van der Waals surface area contributed by atoms with Crippen LogP contribution in [-0.4, -0.2) is 6.54 Å². The van der Waals surface area contributed by atoms with Gasteiger partial charge in [0.25, 0.3) is 0 Å². The SMILES string of the molecule is NC[C@@H]1[C@@H]2CC[C@@H](C2)[C@H]1c1ccc(Cl)c(Cl)c1. The minimum atomic E-state index is 0.605. The van der Waals surface area contributed by atoms with Gasteiger partial charge in [0.1, 0.15) is 0 Å². The smallest absolute Gasteiger partial charge is 0.0595 e. The van der Waals surface area contributed by atoms with Crippen LogP contribution in [0.5, 0.6) is 0 Å². The van der Waals surface area contributed by atoms with Crippen LogP contribution in [-0.2, 0) is 0 Å². The molecule has 3 rings (SSSR count). The molecule has 0 amide bonds. The summed E-state index contributed by atoms with van der Waals surface area (Å²) in [6.45, 7) is 0.798. The Kier molecular flexibility index (Phi) is 3.10. The van der Waals surface area contributed by atoms with Crippen LogP contribution in [0.4, 0.5) is 0 Å². The Morgan fingerprint density at radius 3 is 2.59 bits per heavy atom. The summed E-state index contributed by atoms with van der Waals surface area (Å²) >= 11 is 12.1. The fourth-order valence-corrected chi connectivity index (χ4v) is 4.30. The topological polar surface area (TPSA) is 26.0 Å². The standard InChI is InChI=1S/C14H17Cl2N/c15-12-4-3-10(6-13(12)16)14-9-2-1-8(5-9)11(14)7-17/h3-4,6,8-9,11,14H,1-2,5,7,17H2/t8-,9+,11-,14+/m1/s1. The zero-order chi connectivity index (χ0) is 12.0. The third kappa shape index (κ3) is 1.89. The zero-order valence-electron chi connectivity index (χ0n) is 9.70. The van der Waals surface area contributed by atoms with Crippen LogP contribution >= 0.6 is 23.2 Å². The van der Waals surface area contributed by atoms with Gasteiger partial charge in [-0.2, -0.15) is 0 Å². The first-order valence-electron chi connectivity index (χ1n) is 6.35. The lowest BCUT2D eigenvalue weighted by atomic mass is 9.75. The van der Waals surface area contributed by atoms with Crippen LogP contribution in [0, 0.1) is 17.8 Å². The number of hydrogen-bond donors (Lipinski definition) is 1. The Morgan fingerprint density at radius 2 is 1.88 bits per heavy atom. The van der Waals surface area contributed by atoms with E-state index in [0.717, 1.165) is 18.4 Å². The molecule has 3 heteroatoms. The highest BCUT2D eigenvalue weighted by molar-refractivity contribution is 6.42. The monoisotopic (exact) mass is 269 g/mol. The van der Waals surface area contributed by atoms with Crippen molar-refractivity contribution in [2.24, 2.45) is 23.5 Å². The largest absolute Gasteiger partial charge is 0.330 e. The molecular formula is C14H17Cl2N. The van der Waals surface area contributed by atoms with Crippen LogP contribution in [0.25, 0.3) is 0 Å². The van der Waals surface area contributed by atoms with E-state index in [4.69, 9.17) is 28.9 Å². The molecule has 2 N–H and O–H groups in total. The first-order valence-corrected chi connectivity index (χ1v) is 7.11. The van der Waals surface area contributed by atoms with E-state index in [2.05, 4.69) is 6.07 Å². The summed E-state index contributed by atoms with van der Waals surface area (Å²) in [5.41, 5.74) is 7.29. The molecule has 0 saturated heterocycles. The predicted molar refractivity (Wildman–Crippen MR) is 72.6 cm³/mol. The predicted octanol–water partition coefficient (Wildman–Crippen LogP) is 4.08. The van der Waals surface area contributed by atoms with E-state index in [1.54, 1.807) is 0 Å². The van der Waals surface area contributed by atoms with Crippen LogP contribution in [0.1, 0.15) is 30.7 Å². The van der Waals surface area contributed by atoms with Crippen molar-refractivity contribution in [1.82, 2.24) is 0 Å². The highest BCUT2D eigenvalue weighted by Crippen LogP contribution is 2.56. The normalized spacial score (nSPS) is 35.5. The van der Waals surface area contributed by atoms with Crippen LogP contribution < -0.4 is 5.73 Å². The van der Waals surface area contributed by atoms with Gasteiger partial charge in [0.15, 0.2) is 0 Å². The van der Waals surface area contributed by atoms with Gasteiger partial charge in [0.2, 0.25) is 0 Å². The molecule has 2 aliphatic carbocycles. The molecule has 2 fully saturated rings. The molecule has 0 spiro atoms. The molecule has 1 nitrogen and oxygen atoms in total. The van der Waals surface area contributed by atoms with Crippen molar-refractivity contribution >= 4 is 23.2 Å². The fraction of sp³-hybridized carbons (Fsp3) is 0.571. The fourth-order valence-electron chi connectivity index (χ4n) is 3.99. The van der Waals surface area contributed by atoms with Gasteiger partial charge in [-0.05, 0) is 67.2 Å². The maximum Gasteiger partial charge on any atom is 0.0595 e. The molecule has 0 unspecified atom stereocenters. The van der Waals surface area contributed by atoms with Crippen LogP contribution in [0.3, 0.4) is 0 Å². The van der Waals surface area contributed by atoms with Crippen molar-refractivity contribution in [2.75, 3.05) is 6.54 Å². The van der Waals surface area contributed by atoms with E-state index in [0.29, 0.717) is 21.9 Å². The number of fused-ring (bicyclic) bond motifs is 2. The van der Waals surface area contributed by atoms with Crippen molar-refractivity contribution in [2.45, 2.75) is 25.2 Å². The first-order chi connectivity index (χ1) is 8.20. The van der Waals surface area contributed by atoms with Gasteiger partial charge in [0, 0.05) is 0 Å². The molecule has 1 aromatic rings. The summed E-state index contributed by atoms with van der Waals surface area (Å²) < 4.78 is 0. The van der Waals surface area contributed by atoms with Crippen molar-refractivity contribution in [3.8, 4) is 0 Å². The number of benzene rings is 1. The molecule has 2 saturated carbocycles. The molecule has 92 valence electrons. The molecule has 4 atom stereocenters. The summed E-state index contributed by atoms with van der Waals surface area (Å²) in [7, 11) is 0. The summed E-state index contributed by atoms with van der Waals surface area (Å²) in [5.74, 6) is 2.90. The lowest BCUT2D eigenvalue weighted by Gasteiger charge is -2.30. The van der Waals surface area contributed by atoms with Crippen molar-refractivity contribution in [3.63, 3.8) is 0 Å². The summed E-state index contributed by atoms with van der Waals surface area (Å²) in [6.07, 6.45) is 4.07. The quantitative estimate of drug-likeness (QED) is 0.860. The highest BCUT2D eigenvalue weighted by Gasteiger charge is 2.47. The summed E-state index contributed by atoms with van der Waals surface area (Å²) in [5, 5.41) is 1.31. The molecule has 0 radical (unpaired) electrons. The zero-order valence-corrected chi connectivity index (χ0v) is 11.2. The third-order valence-electron chi connectivity index (χ3n) is 4.69. The molecule has 0 aliphatic heterocycles. The molecule has 2 bridgehead atoms. The van der Waals surface area contributed by atoms with Crippen LogP contribution in [0.2, 0.25) is 10.0 Å². The van der Waals surface area contributed by atoms with Gasteiger partial charge in [0.05, 0.1) is 10.0 Å². The molecule has 0 heterocycles. The number of nitrogens with two attached hydrogens (primary N) is 1. The Bertz CT molecular complexity index is 432. The van der Waals surface area contributed by atoms with Crippen molar-refractivity contribution < 1.29 is 0 Å². The molecule has 0 aromatic heterocycles. The second-order valence-electron chi connectivity index (χ2n) is 5.43. The summed E-state index contributed by atoms with van der Waals surface area (Å²) in [4.78, 5) is 0. The maximum atomic E-state index is 6.12. The van der Waals surface area contributed by atoms with E-state index >= 15 is 0 Å². The lowest BCUT2D eigenvalue weighted by molar-refractivity contribution is 0.295. The Hall–Kier alpha value is -0.240. The highest BCUT2D eigenvalue weighted by atomic mass is 35.5. The van der Waals surface area contributed by atoms with E-state index in [1.807, 2.05) is 12.1 Å². The Balaban J connectivity index is 1.94. The van der Waals surface area contributed by atoms with E-state index in [9.17, 15) is 0 Å². The van der Waals surface area contributed by atoms with Gasteiger partial charge in [-0.25, -0.2) is 0 Å². The van der Waals surface area contributed by atoms with Crippen LogP contribution in [0.15, 0.2) is 18.2 Å². The van der Waals surface area contributed by atoms with Gasteiger partial charge in [-0.1, -0.05) is 29.3 Å². The van der Waals surface area contributed by atoms with Gasteiger partial charge in [-0.3, -0.25) is 0 Å². The first kappa shape index (κ1) is 11.8. The minimum Gasteiger partial charge on any atom is -0.330 e. The number of hydrogen-bond acceptors (Lipinski definition) is 1. The van der Waals surface area contributed by atoms with Gasteiger partial charge >= 0.3 is 0 Å². The molecule has 17 heavy (non-hydrogen) atoms. The summed E-state index contributed by atoms with van der Waals surface area (Å²) in [6, 6.07) is 6.08. The Morgan fingerprint density at radius 1 is 1.12 bits per heavy atom. The second kappa shape index (κ2) is 4.46. The van der Waals surface area contributed by atoms with E-state index in [1.165, 1.54) is 24.8 Å². The molecule has 1 aromatic carbocycles. The minimum absolute atomic E-state index is 0.605. The van der Waals surface area contributed by atoms with E-state index in [-0.39, 0.29) is 0 Å². The number of rotatable bonds is 2. The average molecular weight is 270 g/mol. The third-order valence-corrected chi connectivity index (χ3v) is 5.43. The van der Waals surface area contributed by atoms with Gasteiger partial charge in [-0.15, -0.1) is 0 Å².